The summed E-state index contributed by atoms with van der Waals surface area (Å²) in [5.41, 5.74) is 2.51. The van der Waals surface area contributed by atoms with Gasteiger partial charge in [0.2, 0.25) is 5.92 Å². The Morgan fingerprint density at radius 1 is 1.00 bits per heavy atom. The summed E-state index contributed by atoms with van der Waals surface area (Å²) < 4.78 is 66.8. The van der Waals surface area contributed by atoms with E-state index in [1.54, 1.807) is 57.3 Å². The van der Waals surface area contributed by atoms with Gasteiger partial charge in [-0.2, -0.15) is 0 Å². The standard InChI is InChI=1S/C26H32F4N2O2.C8H8O2/c1-16-11-18(20-12-26(20,29)30)19(13-31-9-6-24(7-10-31)14-25(27,28)15-24)17-5-8-32(21(16)17)22(33)34-23(2,3)4;1-10-8(9)7-5-3-2-4-6-7/h5,8,11,20H,6-7,9-10,12-15H2,1-4H3;2-6H,1H3. The van der Waals surface area contributed by atoms with Gasteiger partial charge in [0.05, 0.1) is 24.1 Å². The molecule has 3 aliphatic rings. The highest BCUT2D eigenvalue weighted by Crippen LogP contribution is 2.59. The van der Waals surface area contributed by atoms with Crippen LogP contribution in [-0.2, 0) is 16.0 Å². The number of esters is 1. The molecule has 1 aromatic heterocycles. The molecule has 1 atom stereocenters. The quantitative estimate of drug-likeness (QED) is 0.218. The van der Waals surface area contributed by atoms with E-state index in [1.165, 1.54) is 11.7 Å². The first kappa shape index (κ1) is 32.0. The molecule has 3 fully saturated rings. The van der Waals surface area contributed by atoms with Crippen molar-refractivity contribution in [3.63, 3.8) is 0 Å². The number of carbonyl (C=O) groups excluding carboxylic acids is 2. The van der Waals surface area contributed by atoms with E-state index in [0.29, 0.717) is 49.1 Å². The maximum atomic E-state index is 14.2. The SMILES string of the molecule is COC(=O)c1ccccc1.Cc1cc(C2CC2(F)F)c(CN2CCC3(CC2)CC(F)(F)C3)c2ccn(C(=O)OC(C)(C)C)c12. The monoisotopic (exact) mass is 616 g/mol. The van der Waals surface area contributed by atoms with E-state index in [0.717, 1.165) is 16.5 Å². The third-order valence-electron chi connectivity index (χ3n) is 8.86. The molecular formula is C34H40F4N2O4. The molecule has 1 spiro atoms. The third kappa shape index (κ3) is 6.80. The fourth-order valence-corrected chi connectivity index (χ4v) is 6.62. The predicted molar refractivity (Wildman–Crippen MR) is 160 cm³/mol. The molecule has 1 saturated heterocycles. The molecule has 2 aliphatic carbocycles. The molecule has 6 rings (SSSR count). The Balaban J connectivity index is 0.000000328. The van der Waals surface area contributed by atoms with Crippen LogP contribution in [0.25, 0.3) is 10.9 Å². The largest absolute Gasteiger partial charge is 0.465 e. The molecule has 0 bridgehead atoms. The number of rotatable bonds is 4. The van der Waals surface area contributed by atoms with E-state index < -0.39 is 29.5 Å². The van der Waals surface area contributed by atoms with Crippen molar-refractivity contribution in [3.05, 3.63) is 70.9 Å². The average molecular weight is 617 g/mol. The number of alkyl halides is 4. The molecular weight excluding hydrogens is 576 g/mol. The zero-order chi connectivity index (χ0) is 32.1. The average Bonchev–Trinajstić information content (AvgIpc) is 3.34. The van der Waals surface area contributed by atoms with Crippen molar-refractivity contribution in [1.29, 1.82) is 0 Å². The summed E-state index contributed by atoms with van der Waals surface area (Å²) in [5.74, 6) is -6.37. The first-order chi connectivity index (χ1) is 20.5. The van der Waals surface area contributed by atoms with Crippen LogP contribution in [0.4, 0.5) is 22.4 Å². The summed E-state index contributed by atoms with van der Waals surface area (Å²) in [6, 6.07) is 12.5. The summed E-state index contributed by atoms with van der Waals surface area (Å²) in [6.45, 7) is 9.01. The Labute approximate surface area is 255 Å². The second kappa shape index (κ2) is 11.5. The van der Waals surface area contributed by atoms with Gasteiger partial charge < -0.3 is 9.47 Å². The molecule has 6 nitrogen and oxygen atoms in total. The number of likely N-dealkylation sites (tertiary alicyclic amines) is 1. The number of nitrogens with zero attached hydrogens (tertiary/aromatic N) is 2. The molecule has 10 heteroatoms. The number of aromatic nitrogens is 1. The van der Waals surface area contributed by atoms with Crippen molar-refractivity contribution in [1.82, 2.24) is 9.47 Å². The van der Waals surface area contributed by atoms with Crippen molar-refractivity contribution in [2.75, 3.05) is 20.2 Å². The lowest BCUT2D eigenvalue weighted by atomic mass is 9.61. The van der Waals surface area contributed by atoms with E-state index in [-0.39, 0.29) is 30.6 Å². The highest BCUT2D eigenvalue weighted by Gasteiger charge is 2.59. The number of halogens is 4. The molecule has 1 aliphatic heterocycles. The van der Waals surface area contributed by atoms with Gasteiger partial charge in [0.15, 0.2) is 0 Å². The smallest absolute Gasteiger partial charge is 0.418 e. The summed E-state index contributed by atoms with van der Waals surface area (Å²) >= 11 is 0. The van der Waals surface area contributed by atoms with Crippen molar-refractivity contribution in [2.24, 2.45) is 5.41 Å². The molecule has 1 unspecified atom stereocenters. The number of hydrogen-bond donors (Lipinski definition) is 0. The second-order valence-electron chi connectivity index (χ2n) is 13.6. The van der Waals surface area contributed by atoms with Gasteiger partial charge in [0.25, 0.3) is 5.92 Å². The van der Waals surface area contributed by atoms with Crippen LogP contribution in [0.2, 0.25) is 0 Å². The van der Waals surface area contributed by atoms with Gasteiger partial charge >= 0.3 is 12.1 Å². The molecule has 2 saturated carbocycles. The van der Waals surface area contributed by atoms with Crippen LogP contribution >= 0.6 is 0 Å². The minimum Gasteiger partial charge on any atom is -0.465 e. The zero-order valence-corrected chi connectivity index (χ0v) is 25.9. The van der Waals surface area contributed by atoms with Crippen LogP contribution in [0.5, 0.6) is 0 Å². The summed E-state index contributed by atoms with van der Waals surface area (Å²) in [6.07, 6.45) is 2.28. The fraction of sp³-hybridized carbons (Fsp3) is 0.529. The zero-order valence-electron chi connectivity index (χ0n) is 25.9. The van der Waals surface area contributed by atoms with Gasteiger partial charge in [-0.05, 0) is 93.9 Å². The lowest BCUT2D eigenvalue weighted by Gasteiger charge is -2.52. The van der Waals surface area contributed by atoms with Gasteiger partial charge in [-0.1, -0.05) is 24.3 Å². The predicted octanol–water partition coefficient (Wildman–Crippen LogP) is 8.34. The normalized spacial score (nSPS) is 21.6. The van der Waals surface area contributed by atoms with Crippen molar-refractivity contribution in [2.45, 2.75) is 89.7 Å². The van der Waals surface area contributed by atoms with E-state index in [9.17, 15) is 27.2 Å². The molecule has 0 N–H and O–H groups in total. The van der Waals surface area contributed by atoms with Gasteiger partial charge in [-0.25, -0.2) is 27.2 Å². The Bertz CT molecular complexity index is 1530. The number of piperidine rings is 1. The molecule has 3 aromatic rings. The minimum absolute atomic E-state index is 0.0408. The Morgan fingerprint density at radius 2 is 1.61 bits per heavy atom. The number of fused-ring (bicyclic) bond motifs is 1. The van der Waals surface area contributed by atoms with E-state index in [1.807, 2.05) is 19.1 Å². The van der Waals surface area contributed by atoms with Gasteiger partial charge in [-0.3, -0.25) is 9.47 Å². The number of benzene rings is 2. The van der Waals surface area contributed by atoms with Gasteiger partial charge in [0.1, 0.15) is 5.60 Å². The van der Waals surface area contributed by atoms with Crippen LogP contribution in [0, 0.1) is 12.3 Å². The van der Waals surface area contributed by atoms with Crippen molar-refractivity contribution < 1.29 is 36.6 Å². The lowest BCUT2D eigenvalue weighted by molar-refractivity contribution is -0.178. The van der Waals surface area contributed by atoms with Crippen molar-refractivity contribution in [3.8, 4) is 0 Å². The summed E-state index contributed by atoms with van der Waals surface area (Å²) in [4.78, 5) is 25.8. The topological polar surface area (TPSA) is 60.8 Å². The van der Waals surface area contributed by atoms with Crippen LogP contribution in [0.1, 0.15) is 85.8 Å². The molecule has 44 heavy (non-hydrogen) atoms. The van der Waals surface area contributed by atoms with Gasteiger partial charge in [-0.15, -0.1) is 0 Å². The van der Waals surface area contributed by atoms with Crippen LogP contribution in [0.15, 0.2) is 48.7 Å². The summed E-state index contributed by atoms with van der Waals surface area (Å²) in [7, 11) is 1.37. The molecule has 2 heterocycles. The fourth-order valence-electron chi connectivity index (χ4n) is 6.62. The van der Waals surface area contributed by atoms with E-state index >= 15 is 0 Å². The Kier molecular flexibility index (Phi) is 8.37. The number of methoxy groups -OCH3 is 1. The highest BCUT2D eigenvalue weighted by molar-refractivity contribution is 5.94. The number of carbonyl (C=O) groups is 2. The first-order valence-corrected chi connectivity index (χ1v) is 15.0. The van der Waals surface area contributed by atoms with Crippen LogP contribution < -0.4 is 0 Å². The summed E-state index contributed by atoms with van der Waals surface area (Å²) in [5, 5.41) is 0.777. The lowest BCUT2D eigenvalue weighted by Crippen LogP contribution is -2.52. The highest BCUT2D eigenvalue weighted by atomic mass is 19.3. The van der Waals surface area contributed by atoms with Crippen LogP contribution in [0.3, 0.4) is 0 Å². The number of ether oxygens (including phenoxy) is 2. The van der Waals surface area contributed by atoms with Gasteiger partial charge in [0, 0.05) is 37.4 Å². The maximum Gasteiger partial charge on any atom is 0.418 e. The second-order valence-corrected chi connectivity index (χ2v) is 13.6. The van der Waals surface area contributed by atoms with E-state index in [2.05, 4.69) is 9.64 Å². The van der Waals surface area contributed by atoms with Crippen molar-refractivity contribution >= 4 is 23.0 Å². The molecule has 0 radical (unpaired) electrons. The van der Waals surface area contributed by atoms with Crippen LogP contribution in [-0.4, -0.2) is 59.2 Å². The Morgan fingerprint density at radius 3 is 2.14 bits per heavy atom. The first-order valence-electron chi connectivity index (χ1n) is 15.0. The molecule has 2 aromatic carbocycles. The molecule has 0 amide bonds. The Hall–Kier alpha value is -3.40. The minimum atomic E-state index is -2.72. The number of hydrogen-bond acceptors (Lipinski definition) is 5. The maximum absolute atomic E-state index is 14.2. The number of aryl methyl sites for hydroxylation is 1. The molecule has 238 valence electrons. The third-order valence-corrected chi connectivity index (χ3v) is 8.86. The van der Waals surface area contributed by atoms with E-state index in [4.69, 9.17) is 4.74 Å².